The highest BCUT2D eigenvalue weighted by Crippen LogP contribution is 2.35. The van der Waals surface area contributed by atoms with Crippen LogP contribution in [0.2, 0.25) is 5.15 Å². The Morgan fingerprint density at radius 3 is 2.50 bits per heavy atom. The fourth-order valence-electron chi connectivity index (χ4n) is 2.66. The molecule has 1 saturated carbocycles. The molecule has 102 valence electrons. The van der Waals surface area contributed by atoms with Crippen LogP contribution in [-0.2, 0) is 13.6 Å². The van der Waals surface area contributed by atoms with Crippen LogP contribution in [0.1, 0.15) is 30.5 Å². The van der Waals surface area contributed by atoms with E-state index in [9.17, 15) is 0 Å². The van der Waals surface area contributed by atoms with E-state index in [1.807, 2.05) is 14.0 Å². The molecule has 1 N–H and O–H groups in total. The lowest BCUT2D eigenvalue weighted by Crippen LogP contribution is -2.56. The first kappa shape index (κ1) is 13.8. The first-order valence-electron chi connectivity index (χ1n) is 6.52. The Bertz CT molecular complexity index is 421. The first-order valence-corrected chi connectivity index (χ1v) is 6.90. The van der Waals surface area contributed by atoms with Gasteiger partial charge < -0.3 is 10.2 Å². The van der Waals surface area contributed by atoms with Crippen molar-refractivity contribution < 1.29 is 0 Å². The van der Waals surface area contributed by atoms with E-state index in [1.54, 1.807) is 4.68 Å². The smallest absolute Gasteiger partial charge is 0.131 e. The zero-order valence-electron chi connectivity index (χ0n) is 11.8. The van der Waals surface area contributed by atoms with Gasteiger partial charge in [0.1, 0.15) is 5.15 Å². The molecule has 0 aliphatic heterocycles. The summed E-state index contributed by atoms with van der Waals surface area (Å²) in [7, 11) is 6.22. The van der Waals surface area contributed by atoms with E-state index in [2.05, 4.69) is 29.4 Å². The molecule has 1 heterocycles. The van der Waals surface area contributed by atoms with Crippen LogP contribution in [0.4, 0.5) is 0 Å². The molecule has 2 rings (SSSR count). The van der Waals surface area contributed by atoms with Crippen LogP contribution in [0, 0.1) is 6.92 Å². The summed E-state index contributed by atoms with van der Waals surface area (Å²) in [4.78, 5) is 2.35. The van der Waals surface area contributed by atoms with Gasteiger partial charge in [0, 0.05) is 31.2 Å². The van der Waals surface area contributed by atoms with Gasteiger partial charge in [-0.05, 0) is 40.3 Å². The van der Waals surface area contributed by atoms with Gasteiger partial charge in [-0.1, -0.05) is 11.6 Å². The first-order chi connectivity index (χ1) is 8.46. The Balaban J connectivity index is 1.92. The second-order valence-electron chi connectivity index (χ2n) is 5.55. The third-order valence-corrected chi connectivity index (χ3v) is 4.73. The Kier molecular flexibility index (Phi) is 3.99. The SMILES string of the molecule is Cc1nn(C)c(Cl)c1CNCC1(N(C)C)CCC1. The number of aryl methyl sites for hydroxylation is 2. The summed E-state index contributed by atoms with van der Waals surface area (Å²) in [6.45, 7) is 3.83. The van der Waals surface area contributed by atoms with Crippen molar-refractivity contribution in [3.05, 3.63) is 16.4 Å². The monoisotopic (exact) mass is 270 g/mol. The summed E-state index contributed by atoms with van der Waals surface area (Å²) in [5.74, 6) is 0. The Morgan fingerprint density at radius 2 is 2.11 bits per heavy atom. The number of hydrogen-bond acceptors (Lipinski definition) is 3. The van der Waals surface area contributed by atoms with Crippen LogP contribution in [0.3, 0.4) is 0 Å². The summed E-state index contributed by atoms with van der Waals surface area (Å²) in [5, 5.41) is 8.61. The maximum Gasteiger partial charge on any atom is 0.131 e. The summed E-state index contributed by atoms with van der Waals surface area (Å²) in [6, 6.07) is 0. The minimum absolute atomic E-state index is 0.350. The number of aromatic nitrogens is 2. The van der Waals surface area contributed by atoms with Gasteiger partial charge in [-0.3, -0.25) is 4.68 Å². The molecule has 4 nitrogen and oxygen atoms in total. The third kappa shape index (κ3) is 2.42. The second kappa shape index (κ2) is 5.19. The van der Waals surface area contributed by atoms with Crippen molar-refractivity contribution >= 4 is 11.6 Å². The van der Waals surface area contributed by atoms with Gasteiger partial charge in [0.25, 0.3) is 0 Å². The van der Waals surface area contributed by atoms with E-state index < -0.39 is 0 Å². The number of rotatable bonds is 5. The van der Waals surface area contributed by atoms with Crippen LogP contribution in [0.15, 0.2) is 0 Å². The second-order valence-corrected chi connectivity index (χ2v) is 5.91. The van der Waals surface area contributed by atoms with Crippen molar-refractivity contribution in [3.63, 3.8) is 0 Å². The molecule has 1 aromatic rings. The molecular formula is C13H23ClN4. The highest BCUT2D eigenvalue weighted by atomic mass is 35.5. The number of nitrogens with one attached hydrogen (secondary N) is 1. The van der Waals surface area contributed by atoms with Crippen molar-refractivity contribution in [1.82, 2.24) is 20.0 Å². The lowest BCUT2D eigenvalue weighted by Gasteiger charge is -2.47. The molecule has 0 spiro atoms. The number of hydrogen-bond donors (Lipinski definition) is 1. The molecule has 18 heavy (non-hydrogen) atoms. The van der Waals surface area contributed by atoms with Crippen molar-refractivity contribution in [1.29, 1.82) is 0 Å². The molecule has 1 aromatic heterocycles. The number of likely N-dealkylation sites (N-methyl/N-ethyl adjacent to an activating group) is 1. The average molecular weight is 271 g/mol. The van der Waals surface area contributed by atoms with E-state index in [0.717, 1.165) is 29.5 Å². The number of nitrogens with zero attached hydrogens (tertiary/aromatic N) is 3. The van der Waals surface area contributed by atoms with Gasteiger partial charge in [0.15, 0.2) is 0 Å². The van der Waals surface area contributed by atoms with Crippen LogP contribution in [0.25, 0.3) is 0 Å². The molecule has 0 aromatic carbocycles. The maximum absolute atomic E-state index is 6.22. The quantitative estimate of drug-likeness (QED) is 0.888. The molecule has 0 amide bonds. The van der Waals surface area contributed by atoms with Gasteiger partial charge >= 0.3 is 0 Å². The zero-order chi connectivity index (χ0) is 13.3. The Hall–Kier alpha value is -0.580. The topological polar surface area (TPSA) is 33.1 Å². The molecule has 0 atom stereocenters. The van der Waals surface area contributed by atoms with E-state index in [0.29, 0.717) is 5.54 Å². The van der Waals surface area contributed by atoms with Crippen LogP contribution in [-0.4, -0.2) is 40.9 Å². The minimum Gasteiger partial charge on any atom is -0.311 e. The molecule has 1 aliphatic carbocycles. The minimum atomic E-state index is 0.350. The summed E-state index contributed by atoms with van der Waals surface area (Å²) in [5.41, 5.74) is 2.48. The maximum atomic E-state index is 6.22. The van der Waals surface area contributed by atoms with E-state index in [4.69, 9.17) is 11.6 Å². The fraction of sp³-hybridized carbons (Fsp3) is 0.769. The van der Waals surface area contributed by atoms with Crippen molar-refractivity contribution in [2.24, 2.45) is 7.05 Å². The van der Waals surface area contributed by atoms with Gasteiger partial charge in [-0.2, -0.15) is 5.10 Å². The summed E-state index contributed by atoms with van der Waals surface area (Å²) >= 11 is 6.22. The third-order valence-electron chi connectivity index (χ3n) is 4.26. The lowest BCUT2D eigenvalue weighted by molar-refractivity contribution is 0.0598. The summed E-state index contributed by atoms with van der Waals surface area (Å²) < 4.78 is 1.74. The zero-order valence-corrected chi connectivity index (χ0v) is 12.5. The molecule has 0 radical (unpaired) electrons. The largest absolute Gasteiger partial charge is 0.311 e. The van der Waals surface area contributed by atoms with Crippen LogP contribution < -0.4 is 5.32 Å². The molecule has 1 fully saturated rings. The van der Waals surface area contributed by atoms with Gasteiger partial charge in [-0.15, -0.1) is 0 Å². The van der Waals surface area contributed by atoms with E-state index in [-0.39, 0.29) is 0 Å². The molecular weight excluding hydrogens is 248 g/mol. The molecule has 0 saturated heterocycles. The highest BCUT2D eigenvalue weighted by Gasteiger charge is 2.38. The van der Waals surface area contributed by atoms with Gasteiger partial charge in [0.2, 0.25) is 0 Å². The van der Waals surface area contributed by atoms with Gasteiger partial charge in [0.05, 0.1) is 5.69 Å². The number of halogens is 1. The van der Waals surface area contributed by atoms with Crippen LogP contribution in [0.5, 0.6) is 0 Å². The van der Waals surface area contributed by atoms with Crippen molar-refractivity contribution in [2.75, 3.05) is 20.6 Å². The Morgan fingerprint density at radius 1 is 1.44 bits per heavy atom. The predicted molar refractivity (Wildman–Crippen MR) is 74.9 cm³/mol. The fourth-order valence-corrected chi connectivity index (χ4v) is 2.90. The highest BCUT2D eigenvalue weighted by molar-refractivity contribution is 6.30. The molecule has 0 unspecified atom stereocenters. The van der Waals surface area contributed by atoms with E-state index in [1.165, 1.54) is 19.3 Å². The van der Waals surface area contributed by atoms with Crippen molar-refractivity contribution in [3.8, 4) is 0 Å². The van der Waals surface area contributed by atoms with Crippen molar-refractivity contribution in [2.45, 2.75) is 38.3 Å². The molecule has 5 heteroatoms. The van der Waals surface area contributed by atoms with Crippen LogP contribution >= 0.6 is 11.6 Å². The molecule has 1 aliphatic rings. The lowest BCUT2D eigenvalue weighted by atomic mass is 9.75. The molecule has 0 bridgehead atoms. The normalized spacial score (nSPS) is 18.1. The standard InChI is InChI=1S/C13H23ClN4/c1-10-11(12(14)18(4)16-10)8-15-9-13(17(2)3)6-5-7-13/h15H,5-9H2,1-4H3. The van der Waals surface area contributed by atoms with Gasteiger partial charge in [-0.25, -0.2) is 0 Å². The summed E-state index contributed by atoms with van der Waals surface area (Å²) in [6.07, 6.45) is 3.91. The Labute approximate surface area is 114 Å². The predicted octanol–water partition coefficient (Wildman–Crippen LogP) is 1.96. The van der Waals surface area contributed by atoms with E-state index >= 15 is 0 Å². The average Bonchev–Trinajstić information content (AvgIpc) is 2.47.